The zero-order valence-electron chi connectivity index (χ0n) is 36.8. The number of unbranched alkanes of at least 4 members (excludes halogenated alkanes) is 17. The van der Waals surface area contributed by atoms with Gasteiger partial charge < -0.3 is 19.3 Å². The van der Waals surface area contributed by atoms with Gasteiger partial charge in [-0.2, -0.15) is 0 Å². The molecule has 0 spiro atoms. The maximum Gasteiger partial charge on any atom is 0.472 e. The fraction of sp³-hybridized carbons (Fsp3) is 0.745. The Balaban J connectivity index is 4.34. The molecule has 330 valence electrons. The van der Waals surface area contributed by atoms with Crippen LogP contribution in [-0.4, -0.2) is 68.3 Å². The molecule has 0 fully saturated rings. The lowest BCUT2D eigenvalue weighted by Gasteiger charge is -2.20. The first-order valence-electron chi connectivity index (χ1n) is 22.6. The summed E-state index contributed by atoms with van der Waals surface area (Å²) in [6.07, 6.45) is 48.4. The van der Waals surface area contributed by atoms with Crippen LogP contribution in [0.1, 0.15) is 181 Å². The van der Waals surface area contributed by atoms with Crippen molar-refractivity contribution in [1.29, 1.82) is 0 Å². The first kappa shape index (κ1) is 54.7. The second-order valence-electron chi connectivity index (χ2n) is 15.2. The van der Waals surface area contributed by atoms with Gasteiger partial charge in [0.25, 0.3) is 0 Å². The molecule has 0 aliphatic rings. The highest BCUT2D eigenvalue weighted by molar-refractivity contribution is 7.47. The predicted molar refractivity (Wildman–Crippen MR) is 238 cm³/mol. The Labute approximate surface area is 349 Å². The number of phosphoric ester groups is 1. The molecular formula is C47H84NO8P. The predicted octanol–water partition coefficient (Wildman–Crippen LogP) is 13.1. The van der Waals surface area contributed by atoms with Gasteiger partial charge >= 0.3 is 19.8 Å². The smallest absolute Gasteiger partial charge is 0.462 e. The largest absolute Gasteiger partial charge is 0.472 e. The molecule has 9 nitrogen and oxygen atoms in total. The third kappa shape index (κ3) is 43.1. The highest BCUT2D eigenvalue weighted by Crippen LogP contribution is 2.43. The van der Waals surface area contributed by atoms with Crippen LogP contribution < -0.4 is 0 Å². The van der Waals surface area contributed by atoms with E-state index in [2.05, 4.69) is 74.6 Å². The van der Waals surface area contributed by atoms with Gasteiger partial charge in [0.2, 0.25) is 0 Å². The van der Waals surface area contributed by atoms with E-state index in [-0.39, 0.29) is 32.0 Å². The van der Waals surface area contributed by atoms with E-state index in [0.29, 0.717) is 13.0 Å². The molecule has 0 amide bonds. The summed E-state index contributed by atoms with van der Waals surface area (Å²) in [6, 6.07) is 0. The molecule has 2 atom stereocenters. The van der Waals surface area contributed by atoms with Crippen molar-refractivity contribution in [3.05, 3.63) is 60.8 Å². The quantitative estimate of drug-likeness (QED) is 0.0279. The molecule has 0 aromatic carbocycles. The summed E-state index contributed by atoms with van der Waals surface area (Å²) in [4.78, 5) is 37.1. The van der Waals surface area contributed by atoms with Crippen molar-refractivity contribution < 1.29 is 37.6 Å². The Kier molecular flexibility index (Phi) is 40.2. The molecule has 0 rings (SSSR count). The van der Waals surface area contributed by atoms with Gasteiger partial charge in [0.05, 0.1) is 13.2 Å². The number of likely N-dealkylation sites (N-methyl/N-ethyl adjacent to an activating group) is 1. The molecule has 0 aliphatic heterocycles. The number of hydrogen-bond donors (Lipinski definition) is 1. The van der Waals surface area contributed by atoms with Gasteiger partial charge in [0.1, 0.15) is 6.61 Å². The number of allylic oxidation sites excluding steroid dienone is 10. The number of nitrogens with zero attached hydrogens (tertiary/aromatic N) is 1. The van der Waals surface area contributed by atoms with Crippen molar-refractivity contribution in [2.45, 2.75) is 187 Å². The molecule has 57 heavy (non-hydrogen) atoms. The summed E-state index contributed by atoms with van der Waals surface area (Å²) in [5.74, 6) is -0.839. The third-order valence-electron chi connectivity index (χ3n) is 9.34. The highest BCUT2D eigenvalue weighted by Gasteiger charge is 2.26. The lowest BCUT2D eigenvalue weighted by Crippen LogP contribution is -2.29. The van der Waals surface area contributed by atoms with Crippen molar-refractivity contribution in [2.24, 2.45) is 0 Å². The van der Waals surface area contributed by atoms with Crippen LogP contribution in [0.3, 0.4) is 0 Å². The summed E-state index contributed by atoms with van der Waals surface area (Å²) in [7, 11) is -0.733. The molecule has 0 aromatic rings. The first-order valence-corrected chi connectivity index (χ1v) is 24.1. The molecule has 0 bridgehead atoms. The van der Waals surface area contributed by atoms with Crippen LogP contribution in [0.2, 0.25) is 0 Å². The van der Waals surface area contributed by atoms with E-state index in [0.717, 1.165) is 70.6 Å². The van der Waals surface area contributed by atoms with Crippen LogP contribution in [0, 0.1) is 0 Å². The molecule has 0 radical (unpaired) electrons. The van der Waals surface area contributed by atoms with E-state index >= 15 is 0 Å². The summed E-state index contributed by atoms with van der Waals surface area (Å²) in [5, 5.41) is 0. The normalized spacial score (nSPS) is 13.9. The van der Waals surface area contributed by atoms with E-state index < -0.39 is 26.5 Å². The Morgan fingerprint density at radius 1 is 0.561 bits per heavy atom. The topological polar surface area (TPSA) is 112 Å². The van der Waals surface area contributed by atoms with Crippen LogP contribution in [0.5, 0.6) is 0 Å². The average Bonchev–Trinajstić information content (AvgIpc) is 3.18. The van der Waals surface area contributed by atoms with Gasteiger partial charge in [-0.1, -0.05) is 171 Å². The van der Waals surface area contributed by atoms with E-state index in [1.165, 1.54) is 77.0 Å². The van der Waals surface area contributed by atoms with Gasteiger partial charge in [-0.3, -0.25) is 18.6 Å². The van der Waals surface area contributed by atoms with Crippen LogP contribution in [0.15, 0.2) is 60.8 Å². The maximum atomic E-state index is 12.7. The van der Waals surface area contributed by atoms with Crippen LogP contribution in [0.25, 0.3) is 0 Å². The van der Waals surface area contributed by atoms with Crippen LogP contribution in [-0.2, 0) is 32.7 Å². The minimum atomic E-state index is -4.37. The Bertz CT molecular complexity index is 1130. The molecule has 10 heteroatoms. The standard InChI is InChI=1S/C47H84NO8P/c1-5-7-9-11-13-15-17-19-21-22-23-24-26-28-30-32-34-36-38-40-47(50)56-45(44-55-57(51,52)54-42-41-48(3)4)43-53-46(49)39-37-35-33-31-29-27-25-20-18-16-14-12-10-8-6-2/h7,9,13,15,19,21,23-24,28,30,45H,5-6,8,10-12,14,16-18,20,22,25-27,29,31-44H2,1-4H3,(H,51,52)/b9-7-,15-13-,21-19-,24-23-,30-28-. The van der Waals surface area contributed by atoms with Crippen molar-refractivity contribution >= 4 is 19.8 Å². The Morgan fingerprint density at radius 2 is 1.00 bits per heavy atom. The second-order valence-corrected chi connectivity index (χ2v) is 16.7. The molecule has 0 saturated carbocycles. The van der Waals surface area contributed by atoms with Gasteiger partial charge in [0.15, 0.2) is 6.10 Å². The molecular weight excluding hydrogens is 737 g/mol. The summed E-state index contributed by atoms with van der Waals surface area (Å²) < 4.78 is 33.5. The number of carbonyl (C=O) groups is 2. The number of esters is 2. The van der Waals surface area contributed by atoms with Gasteiger partial charge in [-0.05, 0) is 71.9 Å². The maximum absolute atomic E-state index is 12.7. The minimum Gasteiger partial charge on any atom is -0.462 e. The number of ether oxygens (including phenoxy) is 2. The van der Waals surface area contributed by atoms with Gasteiger partial charge in [-0.15, -0.1) is 0 Å². The number of hydrogen-bond acceptors (Lipinski definition) is 8. The number of phosphoric acid groups is 1. The van der Waals surface area contributed by atoms with Gasteiger partial charge in [0, 0.05) is 19.4 Å². The monoisotopic (exact) mass is 822 g/mol. The molecule has 2 unspecified atom stereocenters. The zero-order valence-corrected chi connectivity index (χ0v) is 37.7. The molecule has 0 aromatic heterocycles. The van der Waals surface area contributed by atoms with E-state index in [4.69, 9.17) is 18.5 Å². The number of rotatable bonds is 41. The first-order chi connectivity index (χ1) is 27.7. The molecule has 0 heterocycles. The van der Waals surface area contributed by atoms with Crippen LogP contribution in [0.4, 0.5) is 0 Å². The second kappa shape index (κ2) is 41.9. The zero-order chi connectivity index (χ0) is 41.9. The van der Waals surface area contributed by atoms with Crippen molar-refractivity contribution in [1.82, 2.24) is 4.90 Å². The lowest BCUT2D eigenvalue weighted by molar-refractivity contribution is -0.161. The molecule has 0 saturated heterocycles. The highest BCUT2D eigenvalue weighted by atomic mass is 31.2. The summed E-state index contributed by atoms with van der Waals surface area (Å²) >= 11 is 0. The lowest BCUT2D eigenvalue weighted by atomic mass is 10.0. The summed E-state index contributed by atoms with van der Waals surface area (Å²) in [5.41, 5.74) is 0. The van der Waals surface area contributed by atoms with E-state index in [1.54, 1.807) is 0 Å². The molecule has 0 aliphatic carbocycles. The van der Waals surface area contributed by atoms with E-state index in [9.17, 15) is 19.0 Å². The Morgan fingerprint density at radius 3 is 1.49 bits per heavy atom. The minimum absolute atomic E-state index is 0.000898. The number of carbonyl (C=O) groups excluding carboxylic acids is 2. The van der Waals surface area contributed by atoms with Crippen molar-refractivity contribution in [3.8, 4) is 0 Å². The average molecular weight is 822 g/mol. The van der Waals surface area contributed by atoms with Crippen molar-refractivity contribution in [2.75, 3.05) is 40.5 Å². The SMILES string of the molecule is CC/C=C\C/C=C\C/C=C\C/C=C\C/C=C\CCCCCC(=O)OC(COC(=O)CCCCCCCCCCCCCCCCC)COP(=O)(O)OCCN(C)C. The van der Waals surface area contributed by atoms with Gasteiger partial charge in [-0.25, -0.2) is 4.57 Å². The third-order valence-corrected chi connectivity index (χ3v) is 10.3. The Hall–Kier alpha value is -2.29. The van der Waals surface area contributed by atoms with Crippen LogP contribution >= 0.6 is 7.82 Å². The van der Waals surface area contributed by atoms with Crippen molar-refractivity contribution in [3.63, 3.8) is 0 Å². The fourth-order valence-electron chi connectivity index (χ4n) is 5.89. The fourth-order valence-corrected chi connectivity index (χ4v) is 6.63. The molecule has 1 N–H and O–H groups in total. The van der Waals surface area contributed by atoms with E-state index in [1.807, 2.05) is 19.0 Å². The summed E-state index contributed by atoms with van der Waals surface area (Å²) in [6.45, 7) is 4.17.